The summed E-state index contributed by atoms with van der Waals surface area (Å²) in [5.74, 6) is 0.655. The summed E-state index contributed by atoms with van der Waals surface area (Å²) in [5.41, 5.74) is 0. The van der Waals surface area contributed by atoms with Crippen LogP contribution in [0.15, 0.2) is 30.3 Å². The highest BCUT2D eigenvalue weighted by molar-refractivity contribution is 7.53. The van der Waals surface area contributed by atoms with E-state index in [4.69, 9.17) is 13.8 Å². The van der Waals surface area contributed by atoms with Crippen molar-refractivity contribution in [1.82, 2.24) is 0 Å². The lowest BCUT2D eigenvalue weighted by molar-refractivity contribution is 0.197. The Balaban J connectivity index is 2.53. The first-order chi connectivity index (χ1) is 7.70. The van der Waals surface area contributed by atoms with Crippen LogP contribution in [0.4, 0.5) is 0 Å². The second-order valence-electron chi connectivity index (χ2n) is 3.03. The highest BCUT2D eigenvalue weighted by Crippen LogP contribution is 2.47. The Hall–Kier alpha value is -0.830. The summed E-state index contributed by atoms with van der Waals surface area (Å²) in [6.45, 7) is 4.23. The predicted molar refractivity (Wildman–Crippen MR) is 62.8 cm³/mol. The Morgan fingerprint density at radius 2 is 1.62 bits per heavy atom. The van der Waals surface area contributed by atoms with Crippen molar-refractivity contribution in [3.8, 4) is 5.75 Å². The molecule has 0 aromatic heterocycles. The smallest absolute Gasteiger partial charge is 0.367 e. The molecule has 5 heteroatoms. The first kappa shape index (κ1) is 13.2. The summed E-state index contributed by atoms with van der Waals surface area (Å²) in [6.07, 6.45) is -0.0569. The Kier molecular flexibility index (Phi) is 5.53. The van der Waals surface area contributed by atoms with E-state index in [0.29, 0.717) is 19.0 Å². The number of benzene rings is 1. The van der Waals surface area contributed by atoms with Crippen LogP contribution in [0.3, 0.4) is 0 Å². The van der Waals surface area contributed by atoms with E-state index >= 15 is 0 Å². The molecule has 0 aliphatic carbocycles. The average molecular weight is 244 g/mol. The van der Waals surface area contributed by atoms with E-state index in [2.05, 4.69) is 0 Å². The van der Waals surface area contributed by atoms with Crippen LogP contribution in [0, 0.1) is 0 Å². The molecule has 0 heterocycles. The zero-order valence-corrected chi connectivity index (χ0v) is 10.5. The van der Waals surface area contributed by atoms with Crippen LogP contribution < -0.4 is 4.74 Å². The van der Waals surface area contributed by atoms with Gasteiger partial charge in [-0.3, -0.25) is 4.57 Å². The van der Waals surface area contributed by atoms with Gasteiger partial charge in [0.05, 0.1) is 13.2 Å². The van der Waals surface area contributed by atoms with Crippen LogP contribution in [-0.4, -0.2) is 19.6 Å². The summed E-state index contributed by atoms with van der Waals surface area (Å²) in [7, 11) is -3.11. The minimum absolute atomic E-state index is 0.0569. The fraction of sp³-hybridized carbons (Fsp3) is 0.455. The number of rotatable bonds is 7. The molecule has 0 N–H and O–H groups in total. The summed E-state index contributed by atoms with van der Waals surface area (Å²) in [4.78, 5) is 0. The molecule has 0 amide bonds. The van der Waals surface area contributed by atoms with Crippen LogP contribution in [-0.2, 0) is 13.6 Å². The van der Waals surface area contributed by atoms with Gasteiger partial charge in [-0.2, -0.15) is 0 Å². The van der Waals surface area contributed by atoms with E-state index in [9.17, 15) is 4.57 Å². The normalized spacial score (nSPS) is 11.4. The SMILES string of the molecule is CCOP(=O)(COc1ccccc1)OCC. The molecule has 1 aromatic rings. The maximum absolute atomic E-state index is 12.0. The third kappa shape index (κ3) is 4.35. The van der Waals surface area contributed by atoms with Crippen molar-refractivity contribution < 1.29 is 18.3 Å². The van der Waals surface area contributed by atoms with Gasteiger partial charge in [-0.1, -0.05) is 18.2 Å². The maximum Gasteiger partial charge on any atom is 0.367 e. The fourth-order valence-electron chi connectivity index (χ4n) is 1.18. The Labute approximate surface area is 96.1 Å². The van der Waals surface area contributed by atoms with Gasteiger partial charge in [0, 0.05) is 0 Å². The first-order valence-electron chi connectivity index (χ1n) is 5.26. The minimum Gasteiger partial charge on any atom is -0.481 e. The standard InChI is InChI=1S/C11H17O4P/c1-3-14-16(12,15-4-2)10-13-11-8-6-5-7-9-11/h5-9H,3-4,10H2,1-2H3. The average Bonchev–Trinajstić information content (AvgIpc) is 2.29. The number of hydrogen-bond donors (Lipinski definition) is 0. The van der Waals surface area contributed by atoms with Gasteiger partial charge in [0.1, 0.15) is 5.75 Å². The number of ether oxygens (including phenoxy) is 1. The van der Waals surface area contributed by atoms with Crippen LogP contribution in [0.25, 0.3) is 0 Å². The van der Waals surface area contributed by atoms with Crippen molar-refractivity contribution in [2.45, 2.75) is 13.8 Å². The van der Waals surface area contributed by atoms with E-state index in [1.165, 1.54) is 0 Å². The molecule has 0 aliphatic heterocycles. The van der Waals surface area contributed by atoms with Gasteiger partial charge in [0.25, 0.3) is 0 Å². The Bertz CT molecular complexity index is 329. The highest BCUT2D eigenvalue weighted by atomic mass is 31.2. The molecule has 90 valence electrons. The molecule has 0 bridgehead atoms. The summed E-state index contributed by atoms with van der Waals surface area (Å²) < 4.78 is 27.6. The summed E-state index contributed by atoms with van der Waals surface area (Å²) >= 11 is 0. The lowest BCUT2D eigenvalue weighted by Crippen LogP contribution is -2.05. The molecule has 0 saturated carbocycles. The van der Waals surface area contributed by atoms with Crippen molar-refractivity contribution in [3.05, 3.63) is 30.3 Å². The van der Waals surface area contributed by atoms with Crippen LogP contribution in [0.1, 0.15) is 13.8 Å². The fourth-order valence-corrected chi connectivity index (χ4v) is 2.49. The van der Waals surface area contributed by atoms with Crippen LogP contribution in [0.5, 0.6) is 5.75 Å². The third-order valence-corrected chi connectivity index (χ3v) is 3.53. The highest BCUT2D eigenvalue weighted by Gasteiger charge is 2.24. The van der Waals surface area contributed by atoms with Crippen molar-refractivity contribution in [2.75, 3.05) is 19.6 Å². The molecule has 0 aliphatic rings. The largest absolute Gasteiger partial charge is 0.481 e. The van der Waals surface area contributed by atoms with E-state index in [0.717, 1.165) is 0 Å². The van der Waals surface area contributed by atoms with Gasteiger partial charge in [0.2, 0.25) is 0 Å². The maximum atomic E-state index is 12.0. The molecule has 1 aromatic carbocycles. The lowest BCUT2D eigenvalue weighted by Gasteiger charge is -2.17. The second-order valence-corrected chi connectivity index (χ2v) is 5.03. The van der Waals surface area contributed by atoms with Crippen molar-refractivity contribution in [3.63, 3.8) is 0 Å². The predicted octanol–water partition coefficient (Wildman–Crippen LogP) is 3.29. The first-order valence-corrected chi connectivity index (χ1v) is 6.99. The molecule has 0 unspecified atom stereocenters. The molecule has 1 rings (SSSR count). The molecule has 0 atom stereocenters. The van der Waals surface area contributed by atoms with Gasteiger partial charge in [-0.05, 0) is 26.0 Å². The second kappa shape index (κ2) is 6.69. The van der Waals surface area contributed by atoms with Crippen molar-refractivity contribution >= 4 is 7.60 Å². The van der Waals surface area contributed by atoms with Crippen molar-refractivity contribution in [2.24, 2.45) is 0 Å². The Morgan fingerprint density at radius 3 is 2.12 bits per heavy atom. The summed E-state index contributed by atoms with van der Waals surface area (Å²) in [5, 5.41) is 0. The van der Waals surface area contributed by atoms with Gasteiger partial charge in [-0.15, -0.1) is 0 Å². The third-order valence-electron chi connectivity index (χ3n) is 1.78. The minimum atomic E-state index is -3.11. The quantitative estimate of drug-likeness (QED) is 0.690. The monoisotopic (exact) mass is 244 g/mol. The molecule has 0 spiro atoms. The topological polar surface area (TPSA) is 44.8 Å². The van der Waals surface area contributed by atoms with Gasteiger partial charge >= 0.3 is 7.60 Å². The molecular weight excluding hydrogens is 227 g/mol. The molecule has 0 saturated heterocycles. The molecule has 0 fully saturated rings. The molecule has 0 radical (unpaired) electrons. The van der Waals surface area contributed by atoms with Gasteiger partial charge < -0.3 is 13.8 Å². The zero-order chi connectivity index (χ0) is 11.9. The van der Waals surface area contributed by atoms with Crippen molar-refractivity contribution in [1.29, 1.82) is 0 Å². The van der Waals surface area contributed by atoms with E-state index in [-0.39, 0.29) is 6.35 Å². The zero-order valence-electron chi connectivity index (χ0n) is 9.59. The molecule has 4 nitrogen and oxygen atoms in total. The number of hydrogen-bond acceptors (Lipinski definition) is 4. The van der Waals surface area contributed by atoms with Gasteiger partial charge in [-0.25, -0.2) is 0 Å². The van der Waals surface area contributed by atoms with E-state index in [1.54, 1.807) is 26.0 Å². The molecule has 16 heavy (non-hydrogen) atoms. The van der Waals surface area contributed by atoms with E-state index < -0.39 is 7.60 Å². The van der Waals surface area contributed by atoms with Crippen LogP contribution in [0.2, 0.25) is 0 Å². The van der Waals surface area contributed by atoms with Gasteiger partial charge in [0.15, 0.2) is 6.35 Å². The molecular formula is C11H17O4P. The summed E-state index contributed by atoms with van der Waals surface area (Å²) in [6, 6.07) is 9.17. The van der Waals surface area contributed by atoms with E-state index in [1.807, 2.05) is 18.2 Å². The Morgan fingerprint density at radius 1 is 1.06 bits per heavy atom. The number of para-hydroxylation sites is 1. The lowest BCUT2D eigenvalue weighted by atomic mass is 10.3. The van der Waals surface area contributed by atoms with Crippen LogP contribution >= 0.6 is 7.60 Å².